The number of rotatable bonds is 6. The van der Waals surface area contributed by atoms with Crippen molar-refractivity contribution in [3.63, 3.8) is 0 Å². The summed E-state index contributed by atoms with van der Waals surface area (Å²) < 4.78 is 5.13. The third-order valence-electron chi connectivity index (χ3n) is 3.63. The fraction of sp³-hybridized carbons (Fsp3) is 0.250. The normalized spacial score (nSPS) is 16.2. The van der Waals surface area contributed by atoms with Gasteiger partial charge in [-0.2, -0.15) is 0 Å². The van der Waals surface area contributed by atoms with Crippen molar-refractivity contribution in [1.29, 1.82) is 0 Å². The topological polar surface area (TPSA) is 98.9 Å². The van der Waals surface area contributed by atoms with Crippen molar-refractivity contribution >= 4 is 17.2 Å². The van der Waals surface area contributed by atoms with Gasteiger partial charge in [-0.1, -0.05) is 5.16 Å². The van der Waals surface area contributed by atoms with Gasteiger partial charge in [0.1, 0.15) is 23.9 Å². The second-order valence-electron chi connectivity index (χ2n) is 5.24. The molecular formula is C16H16N4O4. The largest absolute Gasteiger partial charge is 0.497 e. The van der Waals surface area contributed by atoms with E-state index in [1.54, 1.807) is 13.2 Å². The number of nitro groups is 1. The summed E-state index contributed by atoms with van der Waals surface area (Å²) in [5, 5.41) is 17.8. The second-order valence-corrected chi connectivity index (χ2v) is 5.24. The van der Waals surface area contributed by atoms with Crippen LogP contribution >= 0.6 is 0 Å². The van der Waals surface area contributed by atoms with Gasteiger partial charge in [0.2, 0.25) is 0 Å². The van der Waals surface area contributed by atoms with Crippen LogP contribution in [-0.4, -0.2) is 35.4 Å². The smallest absolute Gasteiger partial charge is 0.287 e. The third-order valence-corrected chi connectivity index (χ3v) is 3.63. The molecule has 0 radical (unpaired) electrons. The first-order valence-electron chi connectivity index (χ1n) is 7.37. The van der Waals surface area contributed by atoms with E-state index in [0.717, 1.165) is 17.0 Å². The van der Waals surface area contributed by atoms with E-state index in [1.165, 1.54) is 12.3 Å². The molecule has 8 heteroatoms. The van der Waals surface area contributed by atoms with E-state index >= 15 is 0 Å². The molecule has 124 valence electrons. The van der Waals surface area contributed by atoms with Crippen LogP contribution in [0.25, 0.3) is 0 Å². The number of benzene rings is 1. The van der Waals surface area contributed by atoms with Gasteiger partial charge in [-0.3, -0.25) is 10.1 Å². The standard InChI is InChI=1S/C16H16N4O4/c1-23-13-5-2-11(3-6-13)15-8-14(24-19-15)10-18-16-7-4-12(9-17-16)20(21)22/h2-7,9,14H,8,10H2,1H3,(H,17,18)/t14-/m1/s1. The van der Waals surface area contributed by atoms with Gasteiger partial charge in [-0.25, -0.2) is 4.98 Å². The van der Waals surface area contributed by atoms with Gasteiger partial charge < -0.3 is 14.9 Å². The number of nitrogens with zero attached hydrogens (tertiary/aromatic N) is 3. The predicted octanol–water partition coefficient (Wildman–Crippen LogP) is 2.60. The molecule has 2 aromatic rings. The van der Waals surface area contributed by atoms with Crippen molar-refractivity contribution in [3.05, 3.63) is 58.3 Å². The summed E-state index contributed by atoms with van der Waals surface area (Å²) in [5.74, 6) is 1.35. The van der Waals surface area contributed by atoms with E-state index in [1.807, 2.05) is 24.3 Å². The maximum absolute atomic E-state index is 10.6. The Morgan fingerprint density at radius 1 is 1.33 bits per heavy atom. The Morgan fingerprint density at radius 3 is 2.75 bits per heavy atom. The monoisotopic (exact) mass is 328 g/mol. The summed E-state index contributed by atoms with van der Waals surface area (Å²) in [6.45, 7) is 0.508. The van der Waals surface area contributed by atoms with Crippen LogP contribution in [0.5, 0.6) is 5.75 Å². The van der Waals surface area contributed by atoms with Crippen LogP contribution in [0.1, 0.15) is 12.0 Å². The zero-order valence-corrected chi connectivity index (χ0v) is 13.0. The van der Waals surface area contributed by atoms with Crippen molar-refractivity contribution in [3.8, 4) is 5.75 Å². The Bertz CT molecular complexity index is 744. The number of methoxy groups -OCH3 is 1. The highest BCUT2D eigenvalue weighted by molar-refractivity contribution is 6.01. The highest BCUT2D eigenvalue weighted by Crippen LogP contribution is 2.20. The molecular weight excluding hydrogens is 312 g/mol. The van der Waals surface area contributed by atoms with E-state index in [0.29, 0.717) is 18.8 Å². The molecule has 0 amide bonds. The van der Waals surface area contributed by atoms with Crippen LogP contribution in [0, 0.1) is 10.1 Å². The lowest BCUT2D eigenvalue weighted by molar-refractivity contribution is -0.385. The zero-order chi connectivity index (χ0) is 16.9. The molecule has 3 rings (SSSR count). The van der Waals surface area contributed by atoms with Crippen molar-refractivity contribution in [1.82, 2.24) is 4.98 Å². The van der Waals surface area contributed by atoms with Crippen molar-refractivity contribution in [2.75, 3.05) is 19.0 Å². The average molecular weight is 328 g/mol. The molecule has 1 atom stereocenters. The molecule has 1 N–H and O–H groups in total. The molecule has 0 aliphatic carbocycles. The lowest BCUT2D eigenvalue weighted by Crippen LogP contribution is -2.20. The molecule has 8 nitrogen and oxygen atoms in total. The Morgan fingerprint density at radius 2 is 2.12 bits per heavy atom. The molecule has 1 aliphatic rings. The number of aromatic nitrogens is 1. The molecule has 0 saturated heterocycles. The van der Waals surface area contributed by atoms with E-state index in [-0.39, 0.29) is 11.8 Å². The maximum atomic E-state index is 10.6. The van der Waals surface area contributed by atoms with Crippen LogP contribution in [0.4, 0.5) is 11.5 Å². The van der Waals surface area contributed by atoms with E-state index in [9.17, 15) is 10.1 Å². The molecule has 1 aliphatic heterocycles. The zero-order valence-electron chi connectivity index (χ0n) is 13.0. The van der Waals surface area contributed by atoms with E-state index in [2.05, 4.69) is 15.5 Å². The number of hydrogen-bond donors (Lipinski definition) is 1. The van der Waals surface area contributed by atoms with Gasteiger partial charge in [0.05, 0.1) is 24.3 Å². The summed E-state index contributed by atoms with van der Waals surface area (Å²) in [6, 6.07) is 10.6. The van der Waals surface area contributed by atoms with Crippen molar-refractivity contribution in [2.24, 2.45) is 5.16 Å². The number of ether oxygens (including phenoxy) is 1. The first-order valence-corrected chi connectivity index (χ1v) is 7.37. The Labute approximate surface area is 138 Å². The molecule has 0 unspecified atom stereocenters. The Balaban J connectivity index is 1.52. The number of anilines is 1. The molecule has 1 aromatic heterocycles. The molecule has 24 heavy (non-hydrogen) atoms. The number of hydrogen-bond acceptors (Lipinski definition) is 7. The van der Waals surface area contributed by atoms with E-state index in [4.69, 9.17) is 9.57 Å². The van der Waals surface area contributed by atoms with Crippen LogP contribution in [0.2, 0.25) is 0 Å². The first-order chi connectivity index (χ1) is 11.7. The molecule has 0 saturated carbocycles. The summed E-state index contributed by atoms with van der Waals surface area (Å²) in [4.78, 5) is 19.5. The highest BCUT2D eigenvalue weighted by atomic mass is 16.6. The van der Waals surface area contributed by atoms with Crippen LogP contribution in [0.3, 0.4) is 0 Å². The molecule has 1 aromatic carbocycles. The molecule has 2 heterocycles. The highest BCUT2D eigenvalue weighted by Gasteiger charge is 2.22. The molecule has 0 fully saturated rings. The minimum Gasteiger partial charge on any atom is -0.497 e. The predicted molar refractivity (Wildman–Crippen MR) is 88.4 cm³/mol. The van der Waals surface area contributed by atoms with Gasteiger partial charge in [0.25, 0.3) is 5.69 Å². The Hall–Kier alpha value is -3.16. The van der Waals surface area contributed by atoms with Crippen molar-refractivity contribution in [2.45, 2.75) is 12.5 Å². The fourth-order valence-corrected chi connectivity index (χ4v) is 2.31. The third kappa shape index (κ3) is 3.60. The lowest BCUT2D eigenvalue weighted by Gasteiger charge is -2.10. The minimum atomic E-state index is -0.480. The van der Waals surface area contributed by atoms with E-state index < -0.39 is 4.92 Å². The molecule has 0 spiro atoms. The van der Waals surface area contributed by atoms with Gasteiger partial charge in [0, 0.05) is 12.5 Å². The summed E-state index contributed by atoms with van der Waals surface area (Å²) in [7, 11) is 1.62. The van der Waals surface area contributed by atoms with Crippen molar-refractivity contribution < 1.29 is 14.5 Å². The van der Waals surface area contributed by atoms with Gasteiger partial charge in [-0.15, -0.1) is 0 Å². The van der Waals surface area contributed by atoms with Crippen LogP contribution in [-0.2, 0) is 4.84 Å². The average Bonchev–Trinajstić information content (AvgIpc) is 3.09. The Kier molecular flexibility index (Phi) is 4.55. The first kappa shape index (κ1) is 15.7. The quantitative estimate of drug-likeness (QED) is 0.646. The van der Waals surface area contributed by atoms with Gasteiger partial charge in [-0.05, 0) is 35.9 Å². The van der Waals surface area contributed by atoms with Gasteiger partial charge in [0.15, 0.2) is 0 Å². The number of oxime groups is 1. The number of pyridine rings is 1. The summed E-state index contributed by atoms with van der Waals surface area (Å²) in [6.07, 6.45) is 1.78. The fourth-order valence-electron chi connectivity index (χ4n) is 2.31. The molecule has 0 bridgehead atoms. The minimum absolute atomic E-state index is 0.0391. The van der Waals surface area contributed by atoms with Gasteiger partial charge >= 0.3 is 0 Å². The maximum Gasteiger partial charge on any atom is 0.287 e. The van der Waals surface area contributed by atoms with Crippen LogP contribution in [0.15, 0.2) is 47.8 Å². The second kappa shape index (κ2) is 6.95. The van der Waals surface area contributed by atoms with Crippen LogP contribution < -0.4 is 10.1 Å². The number of nitrogens with one attached hydrogen (secondary N) is 1. The summed E-state index contributed by atoms with van der Waals surface area (Å²) >= 11 is 0. The summed E-state index contributed by atoms with van der Waals surface area (Å²) in [5.41, 5.74) is 1.83. The SMILES string of the molecule is COc1ccc(C2=NO[C@@H](CNc3ccc([N+](=O)[O-])cn3)C2)cc1. The lowest BCUT2D eigenvalue weighted by atomic mass is 10.0.